The number of sulfonamides is 1. The minimum absolute atomic E-state index is 0.0663. The third-order valence-corrected chi connectivity index (χ3v) is 6.80. The van der Waals surface area contributed by atoms with Gasteiger partial charge in [-0.2, -0.15) is 4.31 Å². The molecule has 0 radical (unpaired) electrons. The van der Waals surface area contributed by atoms with Crippen LogP contribution in [-0.2, 0) is 27.9 Å². The Hall–Kier alpha value is -2.90. The smallest absolute Gasteiger partial charge is 0.243 e. The Labute approximate surface area is 190 Å². The minimum Gasteiger partial charge on any atom is -0.464 e. The van der Waals surface area contributed by atoms with Crippen molar-refractivity contribution >= 4 is 15.9 Å². The van der Waals surface area contributed by atoms with Gasteiger partial charge in [0.1, 0.15) is 11.5 Å². The molecule has 1 aromatic heterocycles. The zero-order valence-corrected chi connectivity index (χ0v) is 19.6. The highest BCUT2D eigenvalue weighted by molar-refractivity contribution is 7.89. The van der Waals surface area contributed by atoms with Crippen molar-refractivity contribution in [3.05, 3.63) is 89.9 Å². The Kier molecular flexibility index (Phi) is 7.88. The van der Waals surface area contributed by atoms with Crippen LogP contribution in [0.2, 0.25) is 0 Å². The average Bonchev–Trinajstić information content (AvgIpc) is 3.18. The van der Waals surface area contributed by atoms with E-state index in [0.717, 1.165) is 11.3 Å². The van der Waals surface area contributed by atoms with Crippen LogP contribution in [0, 0.1) is 12.8 Å². The Morgan fingerprint density at radius 1 is 0.906 bits per heavy atom. The van der Waals surface area contributed by atoms with Gasteiger partial charge in [0.15, 0.2) is 0 Å². The van der Waals surface area contributed by atoms with Crippen LogP contribution in [0.4, 0.5) is 0 Å². The standard InChI is InChI=1S/C25H30N2O4S/c1-20(2)16-27(32(29,30)24-12-8-5-9-13-24)19-25(28)26(17-22-10-6-4-7-11-22)18-23-15-14-21(3)31-23/h4-15,20H,16-19H2,1-3H3. The van der Waals surface area contributed by atoms with Crippen LogP contribution < -0.4 is 0 Å². The molecule has 0 atom stereocenters. The highest BCUT2D eigenvalue weighted by Crippen LogP contribution is 2.19. The second-order valence-electron chi connectivity index (χ2n) is 8.25. The Balaban J connectivity index is 1.86. The minimum atomic E-state index is -3.80. The molecule has 6 nitrogen and oxygen atoms in total. The van der Waals surface area contributed by atoms with E-state index in [1.807, 2.05) is 63.2 Å². The summed E-state index contributed by atoms with van der Waals surface area (Å²) >= 11 is 0. The van der Waals surface area contributed by atoms with Crippen molar-refractivity contribution in [3.63, 3.8) is 0 Å². The Morgan fingerprint density at radius 2 is 1.53 bits per heavy atom. The second-order valence-corrected chi connectivity index (χ2v) is 10.2. The first-order valence-electron chi connectivity index (χ1n) is 10.7. The molecular weight excluding hydrogens is 424 g/mol. The SMILES string of the molecule is Cc1ccc(CN(Cc2ccccc2)C(=O)CN(CC(C)C)S(=O)(=O)c2ccccc2)o1. The summed E-state index contributed by atoms with van der Waals surface area (Å²) in [5.74, 6) is 1.22. The van der Waals surface area contributed by atoms with Crippen LogP contribution in [0.3, 0.4) is 0 Å². The van der Waals surface area contributed by atoms with Crippen molar-refractivity contribution in [3.8, 4) is 0 Å². The van der Waals surface area contributed by atoms with Gasteiger partial charge in [-0.25, -0.2) is 8.42 Å². The van der Waals surface area contributed by atoms with E-state index in [-0.39, 0.29) is 36.4 Å². The lowest BCUT2D eigenvalue weighted by Gasteiger charge is -2.28. The Bertz CT molecular complexity index is 1110. The number of furan rings is 1. The molecule has 3 aromatic rings. The van der Waals surface area contributed by atoms with Crippen LogP contribution in [0.1, 0.15) is 30.9 Å². The molecule has 2 aromatic carbocycles. The Morgan fingerprint density at radius 3 is 2.09 bits per heavy atom. The molecular formula is C25H30N2O4S. The number of rotatable bonds is 10. The van der Waals surface area contributed by atoms with Gasteiger partial charge in [0.25, 0.3) is 0 Å². The predicted molar refractivity (Wildman–Crippen MR) is 124 cm³/mol. The van der Waals surface area contributed by atoms with E-state index in [1.54, 1.807) is 35.2 Å². The summed E-state index contributed by atoms with van der Waals surface area (Å²) in [6.07, 6.45) is 0. The van der Waals surface area contributed by atoms with Crippen molar-refractivity contribution in [1.29, 1.82) is 0 Å². The fourth-order valence-corrected chi connectivity index (χ4v) is 5.02. The van der Waals surface area contributed by atoms with Gasteiger partial charge in [-0.05, 0) is 42.7 Å². The van der Waals surface area contributed by atoms with Crippen LogP contribution in [0.25, 0.3) is 0 Å². The van der Waals surface area contributed by atoms with E-state index >= 15 is 0 Å². The summed E-state index contributed by atoms with van der Waals surface area (Å²) in [7, 11) is -3.80. The molecule has 1 heterocycles. The van der Waals surface area contributed by atoms with Gasteiger partial charge in [-0.1, -0.05) is 62.4 Å². The molecule has 0 saturated carbocycles. The monoisotopic (exact) mass is 454 g/mol. The molecule has 0 spiro atoms. The van der Waals surface area contributed by atoms with Crippen molar-refractivity contribution in [1.82, 2.24) is 9.21 Å². The van der Waals surface area contributed by atoms with E-state index in [1.165, 1.54) is 4.31 Å². The summed E-state index contributed by atoms with van der Waals surface area (Å²) < 4.78 is 33.5. The first-order chi connectivity index (χ1) is 15.3. The maximum absolute atomic E-state index is 13.4. The number of nitrogens with zero attached hydrogens (tertiary/aromatic N) is 2. The van der Waals surface area contributed by atoms with E-state index in [4.69, 9.17) is 4.42 Å². The average molecular weight is 455 g/mol. The van der Waals surface area contributed by atoms with Gasteiger partial charge in [0.2, 0.25) is 15.9 Å². The maximum Gasteiger partial charge on any atom is 0.243 e. The highest BCUT2D eigenvalue weighted by Gasteiger charge is 2.29. The number of carbonyl (C=O) groups is 1. The van der Waals surface area contributed by atoms with Gasteiger partial charge in [-0.15, -0.1) is 0 Å². The second kappa shape index (κ2) is 10.6. The van der Waals surface area contributed by atoms with Crippen molar-refractivity contribution in [2.45, 2.75) is 38.8 Å². The third-order valence-electron chi connectivity index (χ3n) is 4.97. The topological polar surface area (TPSA) is 70.8 Å². The molecule has 0 saturated heterocycles. The van der Waals surface area contributed by atoms with E-state index < -0.39 is 10.0 Å². The number of amides is 1. The molecule has 3 rings (SSSR count). The number of aryl methyl sites for hydroxylation is 1. The van der Waals surface area contributed by atoms with Crippen LogP contribution in [-0.4, -0.2) is 36.6 Å². The first kappa shape index (κ1) is 23.8. The van der Waals surface area contributed by atoms with Gasteiger partial charge in [0, 0.05) is 13.1 Å². The van der Waals surface area contributed by atoms with Crippen LogP contribution in [0.15, 0.2) is 82.1 Å². The molecule has 7 heteroatoms. The lowest BCUT2D eigenvalue weighted by molar-refractivity contribution is -0.133. The molecule has 0 aliphatic rings. The predicted octanol–water partition coefficient (Wildman–Crippen LogP) is 4.46. The quantitative estimate of drug-likeness (QED) is 0.453. The summed E-state index contributed by atoms with van der Waals surface area (Å²) in [4.78, 5) is 15.2. The van der Waals surface area contributed by atoms with Crippen molar-refractivity contribution in [2.24, 2.45) is 5.92 Å². The maximum atomic E-state index is 13.4. The van der Waals surface area contributed by atoms with Gasteiger partial charge >= 0.3 is 0 Å². The lowest BCUT2D eigenvalue weighted by atomic mass is 10.2. The fourth-order valence-electron chi connectivity index (χ4n) is 3.44. The van der Waals surface area contributed by atoms with Gasteiger partial charge < -0.3 is 9.32 Å². The number of carbonyl (C=O) groups excluding carboxylic acids is 1. The van der Waals surface area contributed by atoms with E-state index in [0.29, 0.717) is 12.3 Å². The van der Waals surface area contributed by atoms with Gasteiger partial charge in [-0.3, -0.25) is 4.79 Å². The fraction of sp³-hybridized carbons (Fsp3) is 0.320. The van der Waals surface area contributed by atoms with E-state index in [9.17, 15) is 13.2 Å². The number of hydrogen-bond acceptors (Lipinski definition) is 4. The van der Waals surface area contributed by atoms with Crippen molar-refractivity contribution < 1.29 is 17.6 Å². The normalized spacial score (nSPS) is 11.8. The third kappa shape index (κ3) is 6.31. The molecule has 1 amide bonds. The molecule has 0 N–H and O–H groups in total. The zero-order valence-electron chi connectivity index (χ0n) is 18.8. The molecule has 170 valence electrons. The summed E-state index contributed by atoms with van der Waals surface area (Å²) in [6.45, 7) is 6.37. The first-order valence-corrected chi connectivity index (χ1v) is 12.1. The van der Waals surface area contributed by atoms with Gasteiger partial charge in [0.05, 0.1) is 18.0 Å². The molecule has 0 fully saturated rings. The van der Waals surface area contributed by atoms with Crippen LogP contribution >= 0.6 is 0 Å². The molecule has 0 unspecified atom stereocenters. The van der Waals surface area contributed by atoms with Crippen LogP contribution in [0.5, 0.6) is 0 Å². The lowest BCUT2D eigenvalue weighted by Crippen LogP contribution is -2.43. The number of hydrogen-bond donors (Lipinski definition) is 0. The molecule has 32 heavy (non-hydrogen) atoms. The number of benzene rings is 2. The molecule has 0 aliphatic heterocycles. The van der Waals surface area contributed by atoms with Crippen molar-refractivity contribution in [2.75, 3.05) is 13.1 Å². The molecule has 0 aliphatic carbocycles. The molecule has 0 bridgehead atoms. The summed E-state index contributed by atoms with van der Waals surface area (Å²) in [6, 6.07) is 21.6. The zero-order chi connectivity index (χ0) is 23.1. The van der Waals surface area contributed by atoms with E-state index in [2.05, 4.69) is 0 Å². The largest absolute Gasteiger partial charge is 0.464 e. The summed E-state index contributed by atoms with van der Waals surface area (Å²) in [5, 5.41) is 0. The summed E-state index contributed by atoms with van der Waals surface area (Å²) in [5.41, 5.74) is 0.963. The highest BCUT2D eigenvalue weighted by atomic mass is 32.2.